The second kappa shape index (κ2) is 8.26. The molecule has 23 heavy (non-hydrogen) atoms. The average Bonchev–Trinajstić information content (AvgIpc) is 2.54. The molecule has 1 aromatic rings. The van der Waals surface area contributed by atoms with Crippen LogP contribution < -0.4 is 5.32 Å². The van der Waals surface area contributed by atoms with E-state index in [-0.39, 0.29) is 12.6 Å². The van der Waals surface area contributed by atoms with Crippen LogP contribution in [0.5, 0.6) is 0 Å². The van der Waals surface area contributed by atoms with E-state index < -0.39 is 12.0 Å². The van der Waals surface area contributed by atoms with Gasteiger partial charge in [0.2, 0.25) is 0 Å². The number of thiocarbonyl (C=S) groups is 1. The van der Waals surface area contributed by atoms with Gasteiger partial charge in [-0.2, -0.15) is 0 Å². The van der Waals surface area contributed by atoms with Crippen LogP contribution in [0.2, 0.25) is 0 Å². The van der Waals surface area contributed by atoms with E-state index in [1.807, 2.05) is 30.3 Å². The number of hydrogen-bond acceptors (Lipinski definition) is 4. The van der Waals surface area contributed by atoms with Crippen molar-refractivity contribution < 1.29 is 14.6 Å². The first-order chi connectivity index (χ1) is 11.0. The van der Waals surface area contributed by atoms with Gasteiger partial charge < -0.3 is 20.1 Å². The molecule has 2 rings (SSSR count). The number of anilines is 1. The quantitative estimate of drug-likeness (QED) is 0.779. The Hall–Kier alpha value is -1.66. The Morgan fingerprint density at radius 2 is 2.13 bits per heavy atom. The maximum Gasteiger partial charge on any atom is 0.328 e. The summed E-state index contributed by atoms with van der Waals surface area (Å²) in [6.07, 6.45) is 0.845. The lowest BCUT2D eigenvalue weighted by Crippen LogP contribution is -2.56. The molecule has 126 valence electrons. The zero-order valence-electron chi connectivity index (χ0n) is 13.6. The molecule has 1 aliphatic rings. The monoisotopic (exact) mass is 336 g/mol. The molecule has 0 bridgehead atoms. The Morgan fingerprint density at radius 3 is 2.74 bits per heavy atom. The summed E-state index contributed by atoms with van der Waals surface area (Å²) >= 11 is 5.65. The lowest BCUT2D eigenvalue weighted by molar-refractivity contribution is -0.146. The topological polar surface area (TPSA) is 61.8 Å². The Morgan fingerprint density at radius 1 is 1.43 bits per heavy atom. The highest BCUT2D eigenvalue weighted by molar-refractivity contribution is 7.80. The molecule has 0 aliphatic carbocycles. The normalized spacial score (nSPS) is 19.4. The highest BCUT2D eigenvalue weighted by Crippen LogP contribution is 2.19. The van der Waals surface area contributed by atoms with E-state index in [1.54, 1.807) is 4.90 Å². The van der Waals surface area contributed by atoms with E-state index in [0.29, 0.717) is 24.1 Å². The molecule has 6 heteroatoms. The number of morpholine rings is 1. The highest BCUT2D eigenvalue weighted by atomic mass is 32.1. The van der Waals surface area contributed by atoms with Gasteiger partial charge in [0.05, 0.1) is 19.3 Å². The molecule has 0 spiro atoms. The van der Waals surface area contributed by atoms with Crippen LogP contribution in [0.1, 0.15) is 20.3 Å². The fourth-order valence-corrected chi connectivity index (χ4v) is 3.07. The van der Waals surface area contributed by atoms with Crippen molar-refractivity contribution in [1.29, 1.82) is 0 Å². The molecule has 1 heterocycles. The lowest BCUT2D eigenvalue weighted by Gasteiger charge is -2.38. The fraction of sp³-hybridized carbons (Fsp3) is 0.529. The van der Waals surface area contributed by atoms with Gasteiger partial charge in [-0.3, -0.25) is 0 Å². The molecule has 0 amide bonds. The fourth-order valence-electron chi connectivity index (χ4n) is 2.70. The van der Waals surface area contributed by atoms with Crippen LogP contribution in [0.25, 0.3) is 0 Å². The minimum Gasteiger partial charge on any atom is -0.480 e. The first kappa shape index (κ1) is 17.7. The third kappa shape index (κ3) is 4.91. The maximum atomic E-state index is 11.5. The number of rotatable bonds is 6. The molecule has 0 radical (unpaired) electrons. The predicted molar refractivity (Wildman–Crippen MR) is 94.9 cm³/mol. The Labute approximate surface area is 142 Å². The summed E-state index contributed by atoms with van der Waals surface area (Å²) in [4.78, 5) is 13.9. The van der Waals surface area contributed by atoms with E-state index in [0.717, 1.165) is 12.1 Å². The van der Waals surface area contributed by atoms with Crippen molar-refractivity contribution in [2.75, 3.05) is 25.1 Å². The second-order valence-electron chi connectivity index (χ2n) is 6.15. The van der Waals surface area contributed by atoms with Gasteiger partial charge in [-0.1, -0.05) is 44.3 Å². The van der Waals surface area contributed by atoms with Crippen molar-refractivity contribution in [1.82, 2.24) is 4.90 Å². The van der Waals surface area contributed by atoms with Crippen molar-refractivity contribution in [3.8, 4) is 0 Å². The van der Waals surface area contributed by atoms with Crippen LogP contribution in [0.4, 0.5) is 5.69 Å². The summed E-state index contributed by atoms with van der Waals surface area (Å²) in [5, 5.41) is 12.9. The molecule has 2 N–H and O–H groups in total. The number of hydrogen-bond donors (Lipinski definition) is 2. The zero-order valence-corrected chi connectivity index (χ0v) is 14.4. The number of nitrogens with zero attached hydrogens (tertiary/aromatic N) is 1. The van der Waals surface area contributed by atoms with Gasteiger partial charge in [0.15, 0.2) is 6.04 Å². The van der Waals surface area contributed by atoms with Crippen molar-refractivity contribution in [3.63, 3.8) is 0 Å². The third-order valence-corrected chi connectivity index (χ3v) is 4.34. The number of aliphatic carboxylic acids is 1. The van der Waals surface area contributed by atoms with Crippen LogP contribution >= 0.6 is 12.2 Å². The number of benzene rings is 1. The third-order valence-electron chi connectivity index (χ3n) is 3.82. The molecule has 2 atom stereocenters. The Kier molecular flexibility index (Phi) is 6.36. The number of carboxylic acid groups (broad SMARTS) is 1. The molecule has 0 saturated carbocycles. The van der Waals surface area contributed by atoms with Crippen molar-refractivity contribution >= 4 is 28.9 Å². The number of carboxylic acids is 1. The SMILES string of the molecule is CC(C)CC(Nc1ccccc1)C(=S)N1CCOCC1C(=O)O. The molecule has 1 aliphatic heterocycles. The van der Waals surface area contributed by atoms with Gasteiger partial charge in [-0.25, -0.2) is 4.79 Å². The van der Waals surface area contributed by atoms with E-state index in [9.17, 15) is 9.90 Å². The highest BCUT2D eigenvalue weighted by Gasteiger charge is 2.33. The number of ether oxygens (including phenoxy) is 1. The lowest BCUT2D eigenvalue weighted by atomic mass is 10.0. The molecular weight excluding hydrogens is 312 g/mol. The van der Waals surface area contributed by atoms with E-state index >= 15 is 0 Å². The summed E-state index contributed by atoms with van der Waals surface area (Å²) in [5.74, 6) is -0.450. The molecule has 1 aromatic carbocycles. The van der Waals surface area contributed by atoms with Gasteiger partial charge in [0, 0.05) is 12.2 Å². The van der Waals surface area contributed by atoms with Gasteiger partial charge in [0.1, 0.15) is 4.99 Å². The molecule has 1 fully saturated rings. The molecule has 5 nitrogen and oxygen atoms in total. The van der Waals surface area contributed by atoms with Crippen molar-refractivity contribution in [3.05, 3.63) is 30.3 Å². The Bertz CT molecular complexity index is 536. The molecular formula is C17H24N2O3S. The van der Waals surface area contributed by atoms with Crippen molar-refractivity contribution in [2.45, 2.75) is 32.4 Å². The van der Waals surface area contributed by atoms with Crippen LogP contribution in [-0.4, -0.2) is 52.8 Å². The largest absolute Gasteiger partial charge is 0.480 e. The minimum atomic E-state index is -0.893. The van der Waals surface area contributed by atoms with Crippen LogP contribution in [0.3, 0.4) is 0 Å². The first-order valence-electron chi connectivity index (χ1n) is 7.91. The summed E-state index contributed by atoms with van der Waals surface area (Å²) in [7, 11) is 0. The summed E-state index contributed by atoms with van der Waals surface area (Å²) < 4.78 is 5.30. The number of nitrogens with one attached hydrogen (secondary N) is 1. The molecule has 2 unspecified atom stereocenters. The van der Waals surface area contributed by atoms with E-state index in [4.69, 9.17) is 17.0 Å². The minimum absolute atomic E-state index is 0.0765. The standard InChI is InChI=1S/C17H24N2O3S/c1-12(2)10-14(18-13-6-4-3-5-7-13)16(23)19-8-9-22-11-15(19)17(20)21/h3-7,12,14-15,18H,8-11H2,1-2H3,(H,20,21). The molecule has 0 aromatic heterocycles. The smallest absolute Gasteiger partial charge is 0.328 e. The van der Waals surface area contributed by atoms with Gasteiger partial charge in [-0.05, 0) is 24.5 Å². The van der Waals surface area contributed by atoms with Gasteiger partial charge in [0.25, 0.3) is 0 Å². The number of carbonyl (C=O) groups is 1. The molecule has 1 saturated heterocycles. The summed E-state index contributed by atoms with van der Waals surface area (Å²) in [6, 6.07) is 9.09. The predicted octanol–water partition coefficient (Wildman–Crippen LogP) is 2.63. The second-order valence-corrected chi connectivity index (χ2v) is 6.57. The van der Waals surface area contributed by atoms with Crippen LogP contribution in [0.15, 0.2) is 30.3 Å². The van der Waals surface area contributed by atoms with Crippen LogP contribution in [-0.2, 0) is 9.53 Å². The van der Waals surface area contributed by atoms with Crippen molar-refractivity contribution in [2.24, 2.45) is 5.92 Å². The van der Waals surface area contributed by atoms with Gasteiger partial charge in [-0.15, -0.1) is 0 Å². The first-order valence-corrected chi connectivity index (χ1v) is 8.32. The average molecular weight is 336 g/mol. The Balaban J connectivity index is 2.16. The number of para-hydroxylation sites is 1. The van der Waals surface area contributed by atoms with E-state index in [1.165, 1.54) is 0 Å². The van der Waals surface area contributed by atoms with E-state index in [2.05, 4.69) is 19.2 Å². The van der Waals surface area contributed by atoms with Gasteiger partial charge >= 0.3 is 5.97 Å². The van der Waals surface area contributed by atoms with Crippen LogP contribution in [0, 0.1) is 5.92 Å². The zero-order chi connectivity index (χ0) is 16.8. The summed E-state index contributed by atoms with van der Waals surface area (Å²) in [6.45, 7) is 5.46. The maximum absolute atomic E-state index is 11.5. The summed E-state index contributed by atoms with van der Waals surface area (Å²) in [5.41, 5.74) is 0.987.